The predicted molar refractivity (Wildman–Crippen MR) is 69.5 cm³/mol. The Balaban J connectivity index is 0. The first kappa shape index (κ1) is 16.6. The Morgan fingerprint density at radius 2 is 1.60 bits per heavy atom. The zero-order chi connectivity index (χ0) is 12.4. The summed E-state index contributed by atoms with van der Waals surface area (Å²) in [5, 5.41) is 7.25. The van der Waals surface area contributed by atoms with E-state index in [1.807, 2.05) is 27.7 Å². The second-order valence-corrected chi connectivity index (χ2v) is 3.22. The van der Waals surface area contributed by atoms with Gasteiger partial charge in [0.15, 0.2) is 0 Å². The van der Waals surface area contributed by atoms with Gasteiger partial charge in [-0.25, -0.2) is 0 Å². The van der Waals surface area contributed by atoms with Crippen LogP contribution in [0.3, 0.4) is 0 Å². The van der Waals surface area contributed by atoms with E-state index in [0.29, 0.717) is 5.92 Å². The first-order valence-electron chi connectivity index (χ1n) is 6.20. The molecule has 1 aromatic rings. The smallest absolute Gasteiger partial charge is 0.0656 e. The van der Waals surface area contributed by atoms with E-state index < -0.39 is 0 Å². The number of aromatic amines is 1. The number of hydrogen-bond acceptors (Lipinski definition) is 1. The normalized spacial score (nSPS) is 8.87. The molecular formula is C13H28N2. The predicted octanol–water partition coefficient (Wildman–Crippen LogP) is 4.46. The Kier molecular flexibility index (Phi) is 10.8. The Labute approximate surface area is 95.5 Å². The van der Waals surface area contributed by atoms with Crippen molar-refractivity contribution in [2.45, 2.75) is 67.7 Å². The lowest BCUT2D eigenvalue weighted by atomic mass is 10.00. The van der Waals surface area contributed by atoms with Gasteiger partial charge in [0.25, 0.3) is 0 Å². The third kappa shape index (κ3) is 5.01. The lowest BCUT2D eigenvalue weighted by Gasteiger charge is -2.04. The molecule has 1 N–H and O–H groups in total. The van der Waals surface area contributed by atoms with E-state index in [2.05, 4.69) is 37.9 Å². The van der Waals surface area contributed by atoms with E-state index in [0.717, 1.165) is 6.42 Å². The minimum atomic E-state index is 0.587. The average molecular weight is 212 g/mol. The van der Waals surface area contributed by atoms with Crippen LogP contribution in [0.5, 0.6) is 0 Å². The number of H-pyrrole nitrogens is 1. The van der Waals surface area contributed by atoms with E-state index in [-0.39, 0.29) is 0 Å². The summed E-state index contributed by atoms with van der Waals surface area (Å²) in [6, 6.07) is 0. The lowest BCUT2D eigenvalue weighted by Crippen LogP contribution is -1.93. The summed E-state index contributed by atoms with van der Waals surface area (Å²) in [6.45, 7) is 16.6. The van der Waals surface area contributed by atoms with Gasteiger partial charge in [-0.15, -0.1) is 0 Å². The van der Waals surface area contributed by atoms with Gasteiger partial charge in [-0.05, 0) is 24.8 Å². The van der Waals surface area contributed by atoms with Crippen molar-refractivity contribution in [1.82, 2.24) is 10.2 Å². The van der Waals surface area contributed by atoms with E-state index in [1.54, 1.807) is 0 Å². The number of rotatable bonds is 2. The standard InChI is InChI=1S/C9H16N2.2C2H6/c1-5-8-9(6(2)3)7(4)10-11-8;2*1-2/h6H,5H2,1-4H3,(H,10,11);2*1-2H3. The van der Waals surface area contributed by atoms with Crippen LogP contribution in [0, 0.1) is 6.92 Å². The summed E-state index contributed by atoms with van der Waals surface area (Å²) in [6.07, 6.45) is 1.03. The van der Waals surface area contributed by atoms with Gasteiger partial charge in [-0.3, -0.25) is 5.10 Å². The van der Waals surface area contributed by atoms with Gasteiger partial charge >= 0.3 is 0 Å². The van der Waals surface area contributed by atoms with Gasteiger partial charge in [-0.2, -0.15) is 5.10 Å². The van der Waals surface area contributed by atoms with Crippen LogP contribution in [0.4, 0.5) is 0 Å². The van der Waals surface area contributed by atoms with Crippen molar-refractivity contribution >= 4 is 0 Å². The van der Waals surface area contributed by atoms with Crippen molar-refractivity contribution in [3.63, 3.8) is 0 Å². The van der Waals surface area contributed by atoms with Crippen LogP contribution in [0.2, 0.25) is 0 Å². The monoisotopic (exact) mass is 212 g/mol. The Bertz CT molecular complexity index is 237. The molecule has 0 radical (unpaired) electrons. The molecule has 15 heavy (non-hydrogen) atoms. The zero-order valence-electron chi connectivity index (χ0n) is 11.7. The zero-order valence-corrected chi connectivity index (χ0v) is 11.7. The van der Waals surface area contributed by atoms with E-state index >= 15 is 0 Å². The first-order chi connectivity index (χ1) is 7.16. The molecule has 2 nitrogen and oxygen atoms in total. The van der Waals surface area contributed by atoms with Crippen molar-refractivity contribution in [1.29, 1.82) is 0 Å². The van der Waals surface area contributed by atoms with Crippen LogP contribution in [-0.4, -0.2) is 10.2 Å². The molecule has 0 aromatic carbocycles. The molecule has 1 heterocycles. The topological polar surface area (TPSA) is 28.7 Å². The minimum Gasteiger partial charge on any atom is -0.282 e. The molecular weight excluding hydrogens is 184 g/mol. The highest BCUT2D eigenvalue weighted by Gasteiger charge is 2.10. The second kappa shape index (κ2) is 9.75. The summed E-state index contributed by atoms with van der Waals surface area (Å²) in [5.41, 5.74) is 3.84. The molecule has 2 heteroatoms. The highest BCUT2D eigenvalue weighted by molar-refractivity contribution is 5.27. The van der Waals surface area contributed by atoms with Gasteiger partial charge < -0.3 is 0 Å². The third-order valence-electron chi connectivity index (χ3n) is 1.99. The number of aryl methyl sites for hydroxylation is 2. The van der Waals surface area contributed by atoms with Crippen molar-refractivity contribution in [2.24, 2.45) is 0 Å². The molecule has 0 fully saturated rings. The molecule has 0 aliphatic rings. The third-order valence-corrected chi connectivity index (χ3v) is 1.99. The fourth-order valence-corrected chi connectivity index (χ4v) is 1.52. The molecule has 0 aliphatic carbocycles. The number of nitrogens with one attached hydrogen (secondary N) is 1. The fourth-order valence-electron chi connectivity index (χ4n) is 1.52. The molecule has 0 spiro atoms. The van der Waals surface area contributed by atoms with Crippen molar-refractivity contribution in [3.8, 4) is 0 Å². The quantitative estimate of drug-likeness (QED) is 0.770. The molecule has 0 saturated heterocycles. The van der Waals surface area contributed by atoms with Crippen molar-refractivity contribution < 1.29 is 0 Å². The van der Waals surface area contributed by atoms with Crippen LogP contribution < -0.4 is 0 Å². The van der Waals surface area contributed by atoms with Crippen LogP contribution in [0.25, 0.3) is 0 Å². The maximum Gasteiger partial charge on any atom is 0.0656 e. The number of nitrogens with zero attached hydrogens (tertiary/aromatic N) is 1. The maximum atomic E-state index is 4.23. The Hall–Kier alpha value is -0.790. The van der Waals surface area contributed by atoms with Crippen LogP contribution in [0.15, 0.2) is 0 Å². The molecule has 90 valence electrons. The molecule has 1 aromatic heterocycles. The highest BCUT2D eigenvalue weighted by Crippen LogP contribution is 2.20. The maximum absolute atomic E-state index is 4.23. The highest BCUT2D eigenvalue weighted by atomic mass is 15.1. The summed E-state index contributed by atoms with van der Waals surface area (Å²) >= 11 is 0. The molecule has 0 aliphatic heterocycles. The minimum absolute atomic E-state index is 0.587. The summed E-state index contributed by atoms with van der Waals surface area (Å²) in [5.74, 6) is 0.587. The van der Waals surface area contributed by atoms with Crippen LogP contribution >= 0.6 is 0 Å². The van der Waals surface area contributed by atoms with Gasteiger partial charge in [0.2, 0.25) is 0 Å². The van der Waals surface area contributed by atoms with Crippen LogP contribution in [-0.2, 0) is 6.42 Å². The lowest BCUT2D eigenvalue weighted by molar-refractivity contribution is 0.834. The first-order valence-corrected chi connectivity index (χ1v) is 6.20. The second-order valence-electron chi connectivity index (χ2n) is 3.22. The largest absolute Gasteiger partial charge is 0.282 e. The molecule has 0 saturated carbocycles. The Morgan fingerprint density at radius 1 is 1.13 bits per heavy atom. The average Bonchev–Trinajstić information content (AvgIpc) is 2.65. The molecule has 0 atom stereocenters. The van der Waals surface area contributed by atoms with Gasteiger partial charge in [0.05, 0.1) is 5.69 Å². The van der Waals surface area contributed by atoms with E-state index in [4.69, 9.17) is 0 Å². The van der Waals surface area contributed by atoms with Crippen molar-refractivity contribution in [2.75, 3.05) is 0 Å². The van der Waals surface area contributed by atoms with Gasteiger partial charge in [0.1, 0.15) is 0 Å². The van der Waals surface area contributed by atoms with Gasteiger partial charge in [0, 0.05) is 5.69 Å². The molecule has 0 bridgehead atoms. The van der Waals surface area contributed by atoms with E-state index in [9.17, 15) is 0 Å². The SMILES string of the molecule is CC.CC.CCc1n[nH]c(C)c1C(C)C. The fraction of sp³-hybridized carbons (Fsp3) is 0.769. The van der Waals surface area contributed by atoms with Gasteiger partial charge in [-0.1, -0.05) is 48.5 Å². The van der Waals surface area contributed by atoms with E-state index in [1.165, 1.54) is 17.0 Å². The molecule has 1 rings (SSSR count). The Morgan fingerprint density at radius 3 is 1.87 bits per heavy atom. The summed E-state index contributed by atoms with van der Waals surface area (Å²) < 4.78 is 0. The number of hydrogen-bond donors (Lipinski definition) is 1. The summed E-state index contributed by atoms with van der Waals surface area (Å²) in [4.78, 5) is 0. The van der Waals surface area contributed by atoms with Crippen LogP contribution in [0.1, 0.15) is 71.3 Å². The molecule has 0 unspecified atom stereocenters. The number of aromatic nitrogens is 2. The molecule has 0 amide bonds. The van der Waals surface area contributed by atoms with Crippen molar-refractivity contribution in [3.05, 3.63) is 17.0 Å². The summed E-state index contributed by atoms with van der Waals surface area (Å²) in [7, 11) is 0.